The van der Waals surface area contributed by atoms with E-state index in [2.05, 4.69) is 103 Å². The first-order valence-corrected chi connectivity index (χ1v) is 13.4. The highest BCUT2D eigenvalue weighted by molar-refractivity contribution is 7.13. The number of rotatable bonds is 7. The zero-order chi connectivity index (χ0) is 25.3. The molecule has 7 rings (SSSR count). The number of aromatic amines is 2. The first-order valence-electron chi connectivity index (χ1n) is 12.5. The van der Waals surface area contributed by atoms with Gasteiger partial charge in [-0.25, -0.2) is 0 Å². The molecular formula is C31H24N6S. The molecule has 5 aromatic heterocycles. The van der Waals surface area contributed by atoms with Gasteiger partial charge in [-0.15, -0.1) is 11.3 Å². The summed E-state index contributed by atoms with van der Waals surface area (Å²) < 4.78 is 0. The van der Waals surface area contributed by atoms with Crippen molar-refractivity contribution < 1.29 is 0 Å². The molecule has 3 N–H and O–H groups in total. The summed E-state index contributed by atoms with van der Waals surface area (Å²) in [5.74, 6) is 0. The van der Waals surface area contributed by atoms with Crippen molar-refractivity contribution in [2.45, 2.75) is 13.1 Å². The summed E-state index contributed by atoms with van der Waals surface area (Å²) in [5.41, 5.74) is 9.49. The topological polar surface area (TPSA) is 82.3 Å². The normalized spacial score (nSPS) is 11.5. The van der Waals surface area contributed by atoms with Crippen LogP contribution in [0.1, 0.15) is 11.1 Å². The van der Waals surface area contributed by atoms with Crippen LogP contribution < -0.4 is 5.32 Å². The highest BCUT2D eigenvalue weighted by Gasteiger charge is 2.15. The van der Waals surface area contributed by atoms with Crippen LogP contribution in [0.3, 0.4) is 0 Å². The second kappa shape index (κ2) is 9.70. The SMILES string of the molecule is c1ccc(CNCc2cncc(-c3ccc4[nH]nc(-c5cc6c(-c7cccs7)nccc6[nH]5)c4c3)c2)cc1. The molecule has 184 valence electrons. The van der Waals surface area contributed by atoms with Crippen LogP contribution in [0.25, 0.3) is 54.9 Å². The minimum atomic E-state index is 0.755. The van der Waals surface area contributed by atoms with Gasteiger partial charge in [0.05, 0.1) is 21.8 Å². The van der Waals surface area contributed by atoms with E-state index >= 15 is 0 Å². The lowest BCUT2D eigenvalue weighted by Gasteiger charge is -2.08. The summed E-state index contributed by atoms with van der Waals surface area (Å²) in [7, 11) is 0. The smallest absolute Gasteiger partial charge is 0.116 e. The van der Waals surface area contributed by atoms with Crippen LogP contribution in [0.2, 0.25) is 0 Å². The molecule has 0 amide bonds. The molecule has 0 saturated heterocycles. The van der Waals surface area contributed by atoms with Gasteiger partial charge in [0.25, 0.3) is 0 Å². The molecule has 0 atom stereocenters. The van der Waals surface area contributed by atoms with Gasteiger partial charge in [-0.3, -0.25) is 15.1 Å². The Balaban J connectivity index is 1.20. The quantitative estimate of drug-likeness (QED) is 0.211. The van der Waals surface area contributed by atoms with Crippen molar-refractivity contribution in [3.8, 4) is 33.1 Å². The van der Waals surface area contributed by atoms with Gasteiger partial charge in [-0.2, -0.15) is 5.10 Å². The largest absolute Gasteiger partial charge is 0.353 e. The number of H-pyrrole nitrogens is 2. The summed E-state index contributed by atoms with van der Waals surface area (Å²) in [6.07, 6.45) is 5.70. The fourth-order valence-corrected chi connectivity index (χ4v) is 5.61. The molecule has 0 aliphatic rings. The van der Waals surface area contributed by atoms with Gasteiger partial charge in [0.1, 0.15) is 5.69 Å². The van der Waals surface area contributed by atoms with E-state index in [0.717, 1.165) is 73.5 Å². The Morgan fingerprint density at radius 1 is 0.737 bits per heavy atom. The highest BCUT2D eigenvalue weighted by atomic mass is 32.1. The van der Waals surface area contributed by atoms with Crippen LogP contribution in [0.15, 0.2) is 103 Å². The Hall–Kier alpha value is -4.59. The fraction of sp³-hybridized carbons (Fsp3) is 0.0645. The number of hydrogen-bond donors (Lipinski definition) is 3. The van der Waals surface area contributed by atoms with Gasteiger partial charge >= 0.3 is 0 Å². The predicted molar refractivity (Wildman–Crippen MR) is 155 cm³/mol. The molecule has 7 aromatic rings. The third-order valence-corrected chi connectivity index (χ3v) is 7.63. The third-order valence-electron chi connectivity index (χ3n) is 6.75. The van der Waals surface area contributed by atoms with Crippen molar-refractivity contribution in [1.29, 1.82) is 0 Å². The second-order valence-electron chi connectivity index (χ2n) is 9.28. The number of thiophene rings is 1. The molecule has 0 fully saturated rings. The maximum atomic E-state index is 4.68. The van der Waals surface area contributed by atoms with Crippen molar-refractivity contribution in [3.05, 3.63) is 114 Å². The number of aromatic nitrogens is 5. The van der Waals surface area contributed by atoms with Crippen molar-refractivity contribution in [3.63, 3.8) is 0 Å². The van der Waals surface area contributed by atoms with Crippen molar-refractivity contribution in [2.75, 3.05) is 0 Å². The molecule has 0 aliphatic heterocycles. The number of fused-ring (bicyclic) bond motifs is 2. The van der Waals surface area contributed by atoms with Crippen LogP contribution in [-0.4, -0.2) is 25.1 Å². The van der Waals surface area contributed by atoms with Crippen LogP contribution in [0.5, 0.6) is 0 Å². The molecule has 7 heteroatoms. The fourth-order valence-electron chi connectivity index (χ4n) is 4.88. The van der Waals surface area contributed by atoms with Crippen LogP contribution in [-0.2, 0) is 13.1 Å². The van der Waals surface area contributed by atoms with E-state index in [0.29, 0.717) is 0 Å². The Bertz CT molecular complexity index is 1850. The van der Waals surface area contributed by atoms with E-state index in [1.54, 1.807) is 11.3 Å². The Kier molecular flexibility index (Phi) is 5.77. The Morgan fingerprint density at radius 2 is 1.63 bits per heavy atom. The maximum Gasteiger partial charge on any atom is 0.116 e. The van der Waals surface area contributed by atoms with E-state index in [1.807, 2.05) is 30.7 Å². The lowest BCUT2D eigenvalue weighted by Crippen LogP contribution is -2.12. The number of hydrogen-bond acceptors (Lipinski definition) is 5. The van der Waals surface area contributed by atoms with Gasteiger partial charge in [-0.05, 0) is 58.5 Å². The van der Waals surface area contributed by atoms with E-state index in [4.69, 9.17) is 0 Å². The summed E-state index contributed by atoms with van der Waals surface area (Å²) in [4.78, 5) is 13.9. The van der Waals surface area contributed by atoms with Crippen LogP contribution >= 0.6 is 11.3 Å². The summed E-state index contributed by atoms with van der Waals surface area (Å²) in [6, 6.07) is 27.4. The first-order chi connectivity index (χ1) is 18.8. The molecule has 0 unspecified atom stereocenters. The lowest BCUT2D eigenvalue weighted by molar-refractivity contribution is 0.691. The second-order valence-corrected chi connectivity index (χ2v) is 10.2. The Labute approximate surface area is 223 Å². The molecule has 6 nitrogen and oxygen atoms in total. The lowest BCUT2D eigenvalue weighted by atomic mass is 10.0. The molecule has 0 saturated carbocycles. The zero-order valence-electron chi connectivity index (χ0n) is 20.5. The van der Waals surface area contributed by atoms with Crippen molar-refractivity contribution >= 4 is 33.1 Å². The van der Waals surface area contributed by atoms with Gasteiger partial charge in [0.15, 0.2) is 0 Å². The molecule has 0 spiro atoms. The number of nitrogens with one attached hydrogen (secondary N) is 3. The van der Waals surface area contributed by atoms with Gasteiger partial charge < -0.3 is 10.3 Å². The molecule has 0 bridgehead atoms. The summed E-state index contributed by atoms with van der Waals surface area (Å²) >= 11 is 1.70. The maximum absolute atomic E-state index is 4.68. The predicted octanol–water partition coefficient (Wildman–Crippen LogP) is 7.19. The van der Waals surface area contributed by atoms with Gasteiger partial charge in [0, 0.05) is 53.5 Å². The van der Waals surface area contributed by atoms with Crippen LogP contribution in [0, 0.1) is 0 Å². The van der Waals surface area contributed by atoms with Crippen LogP contribution in [0.4, 0.5) is 0 Å². The highest BCUT2D eigenvalue weighted by Crippen LogP contribution is 2.35. The summed E-state index contributed by atoms with van der Waals surface area (Å²) in [6.45, 7) is 1.58. The summed E-state index contributed by atoms with van der Waals surface area (Å²) in [5, 5.41) is 15.6. The average molecular weight is 513 g/mol. The van der Waals surface area contributed by atoms with Gasteiger partial charge in [0.2, 0.25) is 0 Å². The van der Waals surface area contributed by atoms with Crippen molar-refractivity contribution in [2.24, 2.45) is 0 Å². The average Bonchev–Trinajstić information content (AvgIpc) is 3.73. The van der Waals surface area contributed by atoms with Crippen molar-refractivity contribution in [1.82, 2.24) is 30.5 Å². The molecule has 0 aliphatic carbocycles. The molecule has 0 radical (unpaired) electrons. The monoisotopic (exact) mass is 512 g/mol. The van der Waals surface area contributed by atoms with E-state index in [1.165, 1.54) is 5.56 Å². The third kappa shape index (κ3) is 4.28. The zero-order valence-corrected chi connectivity index (χ0v) is 21.3. The first kappa shape index (κ1) is 22.6. The number of nitrogens with zero attached hydrogens (tertiary/aromatic N) is 3. The number of pyridine rings is 2. The van der Waals surface area contributed by atoms with E-state index < -0.39 is 0 Å². The Morgan fingerprint density at radius 3 is 2.53 bits per heavy atom. The molecule has 5 heterocycles. The molecular weight excluding hydrogens is 488 g/mol. The minimum Gasteiger partial charge on any atom is -0.353 e. The van der Waals surface area contributed by atoms with E-state index in [-0.39, 0.29) is 0 Å². The molecule has 2 aromatic carbocycles. The van der Waals surface area contributed by atoms with E-state index in [9.17, 15) is 0 Å². The number of benzene rings is 2. The van der Waals surface area contributed by atoms with Gasteiger partial charge in [-0.1, -0.05) is 42.5 Å². The standard InChI is InChI=1S/C31H24N6S/c1-2-5-20(6-3-1)16-32-17-21-13-23(19-33-18-21)22-8-9-27-24(14-22)30(37-36-27)28-15-25-26(35-28)10-11-34-31(25)29-7-4-12-38-29/h1-15,18-19,32,35H,16-17H2,(H,36,37). The molecule has 38 heavy (non-hydrogen) atoms. The minimum absolute atomic E-state index is 0.755.